The van der Waals surface area contributed by atoms with Gasteiger partial charge in [0.05, 0.1) is 9.40 Å². The minimum Gasteiger partial charge on any atom is -0.134 e. The van der Waals surface area contributed by atoms with E-state index in [1.165, 1.54) is 106 Å². The van der Waals surface area contributed by atoms with Gasteiger partial charge in [-0.3, -0.25) is 0 Å². The number of hydrogen-bond acceptors (Lipinski definition) is 2. The molecule has 0 aliphatic rings. The van der Waals surface area contributed by atoms with Crippen molar-refractivity contribution in [2.45, 2.75) is 0 Å². The van der Waals surface area contributed by atoms with E-state index in [1.807, 2.05) is 22.7 Å². The third-order valence-electron chi connectivity index (χ3n) is 10.4. The number of hydrogen-bond donors (Lipinski definition) is 0. The maximum Gasteiger partial charge on any atom is 0.0534 e. The molecular weight excluding hydrogens is 641 g/mol. The van der Waals surface area contributed by atoms with E-state index in [2.05, 4.69) is 170 Å². The quantitative estimate of drug-likeness (QED) is 0.164. The van der Waals surface area contributed by atoms with E-state index in [1.54, 1.807) is 0 Å². The molecular formula is C48H28S2. The zero-order valence-corrected chi connectivity index (χ0v) is 28.6. The Morgan fingerprint density at radius 2 is 0.760 bits per heavy atom. The summed E-state index contributed by atoms with van der Waals surface area (Å²) in [7, 11) is 0. The zero-order chi connectivity index (χ0) is 32.8. The summed E-state index contributed by atoms with van der Waals surface area (Å²) < 4.78 is 5.49. The lowest BCUT2D eigenvalue weighted by Gasteiger charge is -2.18. The van der Waals surface area contributed by atoms with Gasteiger partial charge >= 0.3 is 0 Å². The summed E-state index contributed by atoms with van der Waals surface area (Å²) in [6, 6.07) is 63.1. The highest BCUT2D eigenvalue weighted by Crippen LogP contribution is 2.48. The van der Waals surface area contributed by atoms with E-state index in [4.69, 9.17) is 0 Å². The Balaban J connectivity index is 1.13. The molecule has 2 heterocycles. The Morgan fingerprint density at radius 1 is 0.260 bits per heavy atom. The molecule has 9 aromatic carbocycles. The minimum absolute atomic E-state index is 1.23. The second-order valence-corrected chi connectivity index (χ2v) is 15.3. The lowest BCUT2D eigenvalue weighted by Crippen LogP contribution is -1.91. The van der Waals surface area contributed by atoms with E-state index in [0.29, 0.717) is 0 Å². The average Bonchev–Trinajstić information content (AvgIpc) is 3.75. The highest BCUT2D eigenvalue weighted by atomic mass is 32.1. The van der Waals surface area contributed by atoms with Crippen LogP contribution in [0.5, 0.6) is 0 Å². The molecule has 2 aromatic heterocycles. The van der Waals surface area contributed by atoms with Crippen molar-refractivity contribution in [3.8, 4) is 33.4 Å². The van der Waals surface area contributed by atoms with Crippen LogP contribution in [0.4, 0.5) is 0 Å². The molecule has 0 saturated carbocycles. The van der Waals surface area contributed by atoms with Crippen molar-refractivity contribution in [2.24, 2.45) is 0 Å². The van der Waals surface area contributed by atoms with Crippen molar-refractivity contribution in [3.63, 3.8) is 0 Å². The first-order valence-corrected chi connectivity index (χ1v) is 18.7. The molecule has 11 aromatic rings. The molecule has 50 heavy (non-hydrogen) atoms. The van der Waals surface area contributed by atoms with Gasteiger partial charge < -0.3 is 0 Å². The molecule has 0 amide bonds. The predicted molar refractivity (Wildman–Crippen MR) is 221 cm³/mol. The monoisotopic (exact) mass is 668 g/mol. The zero-order valence-electron chi connectivity index (χ0n) is 27.0. The number of fused-ring (bicyclic) bond motifs is 10. The van der Waals surface area contributed by atoms with Crippen molar-refractivity contribution in [1.82, 2.24) is 0 Å². The fraction of sp³-hybridized carbons (Fsp3) is 0. The highest BCUT2D eigenvalue weighted by molar-refractivity contribution is 7.33. The Morgan fingerprint density at radius 3 is 1.46 bits per heavy atom. The molecule has 0 bridgehead atoms. The van der Waals surface area contributed by atoms with Crippen LogP contribution in [0.2, 0.25) is 0 Å². The SMILES string of the molecule is c1cc(-c2ccc3ccccc3c2)cc(-c2c3ccccc3c(-c3ccc4sc5c(ccc6c7ccccc7sc65)c4c3)c3ccccc23)c1. The maximum atomic E-state index is 2.45. The number of benzene rings is 9. The second kappa shape index (κ2) is 10.9. The topological polar surface area (TPSA) is 0 Å². The molecule has 0 nitrogen and oxygen atoms in total. The van der Waals surface area contributed by atoms with Gasteiger partial charge in [-0.1, -0.05) is 140 Å². The minimum atomic E-state index is 1.23. The van der Waals surface area contributed by atoms with Gasteiger partial charge in [-0.15, -0.1) is 22.7 Å². The Hall–Kier alpha value is -5.80. The van der Waals surface area contributed by atoms with E-state index in [-0.39, 0.29) is 0 Å². The van der Waals surface area contributed by atoms with Gasteiger partial charge in [0.1, 0.15) is 0 Å². The number of thiophene rings is 2. The van der Waals surface area contributed by atoms with Crippen molar-refractivity contribution >= 4 is 95.3 Å². The van der Waals surface area contributed by atoms with E-state index < -0.39 is 0 Å². The molecule has 0 aliphatic heterocycles. The van der Waals surface area contributed by atoms with Crippen LogP contribution in [0.15, 0.2) is 170 Å². The van der Waals surface area contributed by atoms with Gasteiger partial charge in [0, 0.05) is 30.9 Å². The molecule has 0 spiro atoms. The van der Waals surface area contributed by atoms with Crippen molar-refractivity contribution in [2.75, 3.05) is 0 Å². The van der Waals surface area contributed by atoms with Gasteiger partial charge in [-0.25, -0.2) is 0 Å². The van der Waals surface area contributed by atoms with Gasteiger partial charge in [0.25, 0.3) is 0 Å². The van der Waals surface area contributed by atoms with Gasteiger partial charge in [-0.05, 0) is 96.0 Å². The fourth-order valence-electron chi connectivity index (χ4n) is 8.15. The van der Waals surface area contributed by atoms with Crippen molar-refractivity contribution in [1.29, 1.82) is 0 Å². The van der Waals surface area contributed by atoms with Crippen LogP contribution in [0.1, 0.15) is 0 Å². The maximum absolute atomic E-state index is 2.45. The summed E-state index contributed by atoms with van der Waals surface area (Å²) in [5, 5.41) is 13.0. The standard InChI is InChI=1S/C48H28S2/c1-2-11-30-26-32(21-20-29(30)10-1)31-12-9-13-33(27-31)45-36-15-3-5-17-38(36)46(39-18-6-4-16-37(39)45)34-22-25-44-42(28-34)41-24-23-40-35-14-7-8-19-43(35)49-47(40)48(41)50-44/h1-28H. The van der Waals surface area contributed by atoms with Crippen molar-refractivity contribution in [3.05, 3.63) is 170 Å². The summed E-state index contributed by atoms with van der Waals surface area (Å²) in [4.78, 5) is 0. The fourth-order valence-corrected chi connectivity index (χ4v) is 10.7. The molecule has 0 atom stereocenters. The molecule has 0 saturated heterocycles. The van der Waals surface area contributed by atoms with Gasteiger partial charge in [0.2, 0.25) is 0 Å². The molecule has 232 valence electrons. The Bertz CT molecular complexity index is 3100. The summed E-state index contributed by atoms with van der Waals surface area (Å²) in [5.41, 5.74) is 7.55. The van der Waals surface area contributed by atoms with Crippen LogP contribution in [0, 0.1) is 0 Å². The third kappa shape index (κ3) is 4.16. The largest absolute Gasteiger partial charge is 0.134 e. The van der Waals surface area contributed by atoms with Gasteiger partial charge in [0.15, 0.2) is 0 Å². The highest BCUT2D eigenvalue weighted by Gasteiger charge is 2.19. The first-order chi connectivity index (χ1) is 24.8. The predicted octanol–water partition coefficient (Wildman–Crippen LogP) is 14.9. The average molecular weight is 669 g/mol. The molecule has 0 fully saturated rings. The smallest absolute Gasteiger partial charge is 0.0534 e. The molecule has 0 aliphatic carbocycles. The first kappa shape index (κ1) is 28.1. The normalized spacial score (nSPS) is 12.0. The Kier molecular flexibility index (Phi) is 6.09. The third-order valence-corrected chi connectivity index (χ3v) is 13.0. The molecule has 0 N–H and O–H groups in total. The first-order valence-electron chi connectivity index (χ1n) is 17.1. The van der Waals surface area contributed by atoms with E-state index >= 15 is 0 Å². The van der Waals surface area contributed by atoms with Crippen LogP contribution in [0.25, 0.3) is 106 Å². The van der Waals surface area contributed by atoms with Crippen LogP contribution < -0.4 is 0 Å². The summed E-state index contributed by atoms with van der Waals surface area (Å²) in [6.45, 7) is 0. The van der Waals surface area contributed by atoms with Gasteiger partial charge in [-0.2, -0.15) is 0 Å². The lowest BCUT2D eigenvalue weighted by atomic mass is 9.85. The molecule has 0 unspecified atom stereocenters. The van der Waals surface area contributed by atoms with Crippen LogP contribution in [-0.4, -0.2) is 0 Å². The van der Waals surface area contributed by atoms with Crippen LogP contribution in [-0.2, 0) is 0 Å². The number of rotatable bonds is 3. The summed E-state index contributed by atoms with van der Waals surface area (Å²) in [5.74, 6) is 0. The Labute approximate surface area is 297 Å². The second-order valence-electron chi connectivity index (χ2n) is 13.2. The van der Waals surface area contributed by atoms with Crippen LogP contribution >= 0.6 is 22.7 Å². The summed E-state index contributed by atoms with van der Waals surface area (Å²) >= 11 is 3.85. The van der Waals surface area contributed by atoms with Crippen LogP contribution in [0.3, 0.4) is 0 Å². The van der Waals surface area contributed by atoms with E-state index in [0.717, 1.165) is 0 Å². The van der Waals surface area contributed by atoms with E-state index in [9.17, 15) is 0 Å². The van der Waals surface area contributed by atoms with Crippen molar-refractivity contribution < 1.29 is 0 Å². The summed E-state index contributed by atoms with van der Waals surface area (Å²) in [6.07, 6.45) is 0. The molecule has 11 rings (SSSR count). The lowest BCUT2D eigenvalue weighted by molar-refractivity contribution is 1.63. The molecule has 2 heteroatoms. The molecule has 0 radical (unpaired) electrons.